The van der Waals surface area contributed by atoms with E-state index in [4.69, 9.17) is 5.26 Å². The molecule has 0 aromatic heterocycles. The number of benzene rings is 2. The van der Waals surface area contributed by atoms with E-state index in [-0.39, 0.29) is 18.0 Å². The summed E-state index contributed by atoms with van der Waals surface area (Å²) in [4.78, 5) is 11.3. The summed E-state index contributed by atoms with van der Waals surface area (Å²) < 4.78 is 26.4. The third kappa shape index (κ3) is 3.41. The Morgan fingerprint density at radius 1 is 1.20 bits per heavy atom. The number of nitrogens with one attached hydrogen (secondary N) is 1. The molecule has 0 bridgehead atoms. The van der Waals surface area contributed by atoms with Gasteiger partial charge in [0.2, 0.25) is 0 Å². The predicted octanol–water partition coefficient (Wildman–Crippen LogP) is 1.23. The van der Waals surface area contributed by atoms with Crippen LogP contribution in [0.4, 0.5) is 5.69 Å². The summed E-state index contributed by atoms with van der Waals surface area (Å²) in [5, 5.41) is 19.1. The van der Waals surface area contributed by atoms with Gasteiger partial charge in [-0.1, -0.05) is 30.3 Å². The van der Waals surface area contributed by atoms with Gasteiger partial charge in [0.05, 0.1) is 18.2 Å². The van der Waals surface area contributed by atoms with Crippen molar-refractivity contribution < 1.29 is 18.3 Å². The first-order valence-electron chi connectivity index (χ1n) is 7.49. The smallest absolute Gasteiger partial charge is 0.326 e. The van der Waals surface area contributed by atoms with E-state index in [9.17, 15) is 18.3 Å². The maximum absolute atomic E-state index is 11.9. The van der Waals surface area contributed by atoms with Gasteiger partial charge in [0.1, 0.15) is 12.3 Å². The molecule has 1 amide bonds. The molecule has 25 heavy (non-hydrogen) atoms. The van der Waals surface area contributed by atoms with E-state index in [1.807, 2.05) is 29.0 Å². The Kier molecular flexibility index (Phi) is 4.33. The van der Waals surface area contributed by atoms with Gasteiger partial charge in [0.25, 0.3) is 5.91 Å². The fourth-order valence-electron chi connectivity index (χ4n) is 2.76. The summed E-state index contributed by atoms with van der Waals surface area (Å²) in [6, 6.07) is 14.3. The van der Waals surface area contributed by atoms with E-state index in [1.165, 1.54) is 12.1 Å². The Morgan fingerprint density at radius 2 is 1.92 bits per heavy atom. The number of nitrogens with zero attached hydrogens (tertiary/aromatic N) is 2. The lowest BCUT2D eigenvalue weighted by molar-refractivity contribution is -0.117. The van der Waals surface area contributed by atoms with Crippen molar-refractivity contribution in [3.8, 4) is 11.8 Å². The molecule has 8 heteroatoms. The maximum atomic E-state index is 11.9. The zero-order valence-corrected chi connectivity index (χ0v) is 14.0. The molecule has 2 N–H and O–H groups in total. The highest BCUT2D eigenvalue weighted by Crippen LogP contribution is 2.32. The van der Waals surface area contributed by atoms with Gasteiger partial charge in [0, 0.05) is 0 Å². The Hall–Kier alpha value is -3.05. The second kappa shape index (κ2) is 6.45. The van der Waals surface area contributed by atoms with Gasteiger partial charge in [-0.2, -0.15) is 13.7 Å². The number of nitriles is 1. The van der Waals surface area contributed by atoms with Crippen molar-refractivity contribution >= 4 is 21.8 Å². The second-order valence-corrected chi connectivity index (χ2v) is 7.24. The zero-order valence-electron chi connectivity index (χ0n) is 13.1. The summed E-state index contributed by atoms with van der Waals surface area (Å²) in [5.41, 5.74) is 2.68. The van der Waals surface area contributed by atoms with Crippen LogP contribution in [-0.4, -0.2) is 26.0 Å². The monoisotopic (exact) mass is 357 g/mol. The maximum Gasteiger partial charge on any atom is 0.326 e. The summed E-state index contributed by atoms with van der Waals surface area (Å²) in [5.74, 6) is -0.871. The molecule has 1 heterocycles. The van der Waals surface area contributed by atoms with Gasteiger partial charge in [-0.15, -0.1) is 0 Å². The molecular weight excluding hydrogens is 342 g/mol. The molecule has 2 aromatic carbocycles. The van der Waals surface area contributed by atoms with Crippen LogP contribution in [0.5, 0.6) is 5.75 Å². The molecular formula is C17H15N3O4S. The molecule has 1 fully saturated rings. The number of phenolic OH excluding ortho intramolecular Hbond substituents is 1. The Bertz CT molecular complexity index is 980. The third-order valence-electron chi connectivity index (χ3n) is 3.91. The van der Waals surface area contributed by atoms with Gasteiger partial charge < -0.3 is 5.11 Å². The van der Waals surface area contributed by atoms with E-state index >= 15 is 0 Å². The van der Waals surface area contributed by atoms with Gasteiger partial charge in [-0.25, -0.2) is 9.03 Å². The minimum absolute atomic E-state index is 0.0485. The predicted molar refractivity (Wildman–Crippen MR) is 91.1 cm³/mol. The molecule has 0 saturated carbocycles. The molecule has 7 nitrogen and oxygen atoms in total. The highest BCUT2D eigenvalue weighted by molar-refractivity contribution is 7.92. The van der Waals surface area contributed by atoms with Crippen molar-refractivity contribution in [3.63, 3.8) is 0 Å². The van der Waals surface area contributed by atoms with Crippen molar-refractivity contribution in [1.82, 2.24) is 4.72 Å². The van der Waals surface area contributed by atoms with E-state index in [2.05, 4.69) is 6.07 Å². The van der Waals surface area contributed by atoms with E-state index in [1.54, 1.807) is 6.07 Å². The molecule has 0 atom stereocenters. The highest BCUT2D eigenvalue weighted by atomic mass is 32.2. The molecule has 1 saturated heterocycles. The minimum Gasteiger partial charge on any atom is -0.506 e. The largest absolute Gasteiger partial charge is 0.506 e. The summed E-state index contributed by atoms with van der Waals surface area (Å²) >= 11 is 0. The number of hydrogen-bond acceptors (Lipinski definition) is 5. The average Bonchev–Trinajstić information content (AvgIpc) is 2.82. The van der Waals surface area contributed by atoms with Gasteiger partial charge in [-0.3, -0.25) is 4.79 Å². The first kappa shape index (κ1) is 16.8. The van der Waals surface area contributed by atoms with E-state index in [0.29, 0.717) is 12.8 Å². The molecule has 0 radical (unpaired) electrons. The fraction of sp³-hybridized carbons (Fsp3) is 0.176. The minimum atomic E-state index is -3.96. The second-order valence-electron chi connectivity index (χ2n) is 5.64. The van der Waals surface area contributed by atoms with Crippen molar-refractivity contribution in [2.75, 3.05) is 10.8 Å². The van der Waals surface area contributed by atoms with Gasteiger partial charge in [-0.05, 0) is 35.2 Å². The molecule has 1 aliphatic rings. The number of carbonyl (C=O) groups excluding carboxylic acids is 1. The van der Waals surface area contributed by atoms with E-state index < -0.39 is 16.1 Å². The third-order valence-corrected chi connectivity index (χ3v) is 5.30. The van der Waals surface area contributed by atoms with Crippen LogP contribution in [-0.2, 0) is 27.8 Å². The molecule has 3 rings (SSSR count). The number of rotatable bonds is 4. The number of amides is 1. The summed E-state index contributed by atoms with van der Waals surface area (Å²) in [7, 11) is -3.96. The molecule has 2 aromatic rings. The zero-order chi connectivity index (χ0) is 18.0. The van der Waals surface area contributed by atoms with Crippen LogP contribution >= 0.6 is 0 Å². The first-order valence-corrected chi connectivity index (χ1v) is 8.93. The average molecular weight is 357 g/mol. The first-order chi connectivity index (χ1) is 11.9. The molecule has 1 aliphatic heterocycles. The quantitative estimate of drug-likeness (QED) is 0.855. The van der Waals surface area contributed by atoms with Gasteiger partial charge >= 0.3 is 10.2 Å². The molecule has 128 valence electrons. The number of anilines is 1. The van der Waals surface area contributed by atoms with E-state index in [0.717, 1.165) is 21.0 Å². The number of phenols is 1. The van der Waals surface area contributed by atoms with Crippen LogP contribution in [0, 0.1) is 11.3 Å². The lowest BCUT2D eigenvalue weighted by Crippen LogP contribution is -2.29. The van der Waals surface area contributed by atoms with Crippen LogP contribution < -0.4 is 9.03 Å². The van der Waals surface area contributed by atoms with Crippen molar-refractivity contribution in [1.29, 1.82) is 5.26 Å². The van der Waals surface area contributed by atoms with Gasteiger partial charge in [0.15, 0.2) is 0 Å². The Labute approximate surface area is 145 Å². The fourth-order valence-corrected chi connectivity index (χ4v) is 3.92. The van der Waals surface area contributed by atoms with Crippen molar-refractivity contribution in [2.45, 2.75) is 12.8 Å². The highest BCUT2D eigenvalue weighted by Gasteiger charge is 2.35. The van der Waals surface area contributed by atoms with Crippen molar-refractivity contribution in [2.24, 2.45) is 0 Å². The molecule has 0 unspecified atom stereocenters. The van der Waals surface area contributed by atoms with Crippen molar-refractivity contribution in [3.05, 3.63) is 59.2 Å². The Morgan fingerprint density at radius 3 is 2.52 bits per heavy atom. The van der Waals surface area contributed by atoms with Crippen LogP contribution in [0.25, 0.3) is 0 Å². The summed E-state index contributed by atoms with van der Waals surface area (Å²) in [6.45, 7) is -0.361. The summed E-state index contributed by atoms with van der Waals surface area (Å²) in [6.07, 6.45) is 0.787. The standard InChI is InChI=1S/C17H15N3O4S/c18-8-7-13-3-1-2-4-14(13)9-12-5-6-15(16(21)10-12)20-11-17(22)19-25(20,23)24/h1-6,10,21H,7,9,11H2,(H,19,22). The number of hydrogen-bond donors (Lipinski definition) is 2. The number of aromatic hydroxyl groups is 1. The lowest BCUT2D eigenvalue weighted by atomic mass is 9.98. The normalized spacial score (nSPS) is 15.6. The topological polar surface area (TPSA) is 111 Å². The Balaban J connectivity index is 1.89. The molecule has 0 aliphatic carbocycles. The number of carbonyl (C=O) groups is 1. The lowest BCUT2D eigenvalue weighted by Gasteiger charge is -2.17. The van der Waals surface area contributed by atoms with Crippen LogP contribution in [0.3, 0.4) is 0 Å². The molecule has 0 spiro atoms. The van der Waals surface area contributed by atoms with Crippen LogP contribution in [0.15, 0.2) is 42.5 Å². The van der Waals surface area contributed by atoms with Crippen LogP contribution in [0.2, 0.25) is 0 Å². The van der Waals surface area contributed by atoms with Crippen LogP contribution in [0.1, 0.15) is 16.7 Å². The SMILES string of the molecule is N#CCc1ccccc1Cc1ccc(N2CC(=O)NS2(=O)=O)c(O)c1.